The highest BCUT2D eigenvalue weighted by atomic mass is 19.3. The predicted molar refractivity (Wildman–Crippen MR) is 92.6 cm³/mol. The number of anilines is 1. The molecule has 2 saturated heterocycles. The van der Waals surface area contributed by atoms with Gasteiger partial charge in [-0.05, 0) is 30.2 Å². The molecular formula is C19H22F2N4. The maximum absolute atomic E-state index is 14.9. The van der Waals surface area contributed by atoms with Crippen LogP contribution < -0.4 is 4.90 Å². The predicted octanol–water partition coefficient (Wildman–Crippen LogP) is 3.21. The van der Waals surface area contributed by atoms with E-state index in [4.69, 9.17) is 0 Å². The molecule has 1 spiro atoms. The number of likely N-dealkylation sites (tertiary alicyclic amines) is 1. The van der Waals surface area contributed by atoms with Crippen molar-refractivity contribution in [2.45, 2.75) is 25.3 Å². The monoisotopic (exact) mass is 344 g/mol. The summed E-state index contributed by atoms with van der Waals surface area (Å²) in [5.74, 6) is -2.63. The van der Waals surface area contributed by atoms with E-state index in [1.165, 1.54) is 0 Å². The first-order valence-corrected chi connectivity index (χ1v) is 8.72. The van der Waals surface area contributed by atoms with E-state index in [1.807, 2.05) is 30.5 Å². The molecule has 4 rings (SSSR count). The Morgan fingerprint density at radius 3 is 2.48 bits per heavy atom. The molecule has 0 bridgehead atoms. The highest BCUT2D eigenvalue weighted by Gasteiger charge is 2.59. The first-order valence-electron chi connectivity index (χ1n) is 8.72. The van der Waals surface area contributed by atoms with Gasteiger partial charge in [0.05, 0.1) is 17.3 Å². The van der Waals surface area contributed by atoms with E-state index >= 15 is 0 Å². The van der Waals surface area contributed by atoms with Gasteiger partial charge in [0.15, 0.2) is 0 Å². The standard InChI is InChI=1S/C19H22F2N4/c20-19(21)6-9-24(13-16-3-1-7-22-11-16)14-18(19)5-10-25(15-18)17-4-2-8-23-12-17/h1-4,7-8,11-12H,5-6,9-10,13-15H2/t18-/m1/s1. The lowest BCUT2D eigenvalue weighted by Crippen LogP contribution is -2.56. The molecule has 0 unspecified atom stereocenters. The van der Waals surface area contributed by atoms with Crippen molar-refractivity contribution in [1.29, 1.82) is 0 Å². The molecule has 0 amide bonds. The van der Waals surface area contributed by atoms with Gasteiger partial charge in [0.1, 0.15) is 0 Å². The number of nitrogens with zero attached hydrogens (tertiary/aromatic N) is 4. The third kappa shape index (κ3) is 3.11. The number of alkyl halides is 2. The molecular weight excluding hydrogens is 322 g/mol. The van der Waals surface area contributed by atoms with Crippen molar-refractivity contribution in [3.8, 4) is 0 Å². The topological polar surface area (TPSA) is 32.3 Å². The molecule has 0 saturated carbocycles. The van der Waals surface area contributed by atoms with Crippen molar-refractivity contribution in [2.75, 3.05) is 31.1 Å². The average Bonchev–Trinajstić information content (AvgIpc) is 3.06. The second-order valence-corrected chi connectivity index (χ2v) is 7.19. The molecule has 4 nitrogen and oxygen atoms in total. The third-order valence-corrected chi connectivity index (χ3v) is 5.54. The van der Waals surface area contributed by atoms with E-state index in [-0.39, 0.29) is 6.42 Å². The van der Waals surface area contributed by atoms with Gasteiger partial charge in [-0.1, -0.05) is 6.07 Å². The zero-order valence-electron chi connectivity index (χ0n) is 14.1. The first kappa shape index (κ1) is 16.4. The molecule has 0 N–H and O–H groups in total. The van der Waals surface area contributed by atoms with Crippen LogP contribution in [0.1, 0.15) is 18.4 Å². The van der Waals surface area contributed by atoms with Crippen LogP contribution in [0.4, 0.5) is 14.5 Å². The summed E-state index contributed by atoms with van der Waals surface area (Å²) in [6.45, 7) is 2.57. The van der Waals surface area contributed by atoms with Crippen LogP contribution in [0.25, 0.3) is 0 Å². The van der Waals surface area contributed by atoms with E-state index in [9.17, 15) is 8.78 Å². The highest BCUT2D eigenvalue weighted by Crippen LogP contribution is 2.50. The zero-order chi connectivity index (χ0) is 17.3. The molecule has 0 radical (unpaired) electrons. The van der Waals surface area contributed by atoms with Crippen molar-refractivity contribution in [1.82, 2.24) is 14.9 Å². The Balaban J connectivity index is 1.52. The lowest BCUT2D eigenvalue weighted by atomic mass is 9.75. The molecule has 0 aliphatic carbocycles. The highest BCUT2D eigenvalue weighted by molar-refractivity contribution is 5.45. The number of aromatic nitrogens is 2. The van der Waals surface area contributed by atoms with Crippen molar-refractivity contribution >= 4 is 5.69 Å². The van der Waals surface area contributed by atoms with Gasteiger partial charge in [0, 0.05) is 57.7 Å². The molecule has 4 heterocycles. The fraction of sp³-hybridized carbons (Fsp3) is 0.474. The maximum Gasteiger partial charge on any atom is 0.257 e. The molecule has 2 aromatic rings. The second kappa shape index (κ2) is 6.33. The molecule has 2 aliphatic rings. The summed E-state index contributed by atoms with van der Waals surface area (Å²) in [6.07, 6.45) is 7.45. The second-order valence-electron chi connectivity index (χ2n) is 7.19. The van der Waals surface area contributed by atoms with Crippen LogP contribution >= 0.6 is 0 Å². The maximum atomic E-state index is 14.9. The van der Waals surface area contributed by atoms with Gasteiger partial charge >= 0.3 is 0 Å². The minimum Gasteiger partial charge on any atom is -0.369 e. The van der Waals surface area contributed by atoms with Crippen LogP contribution in [-0.4, -0.2) is 47.0 Å². The summed E-state index contributed by atoms with van der Waals surface area (Å²) in [7, 11) is 0. The Morgan fingerprint density at radius 1 is 0.960 bits per heavy atom. The molecule has 2 aromatic heterocycles. The van der Waals surface area contributed by atoms with Crippen LogP contribution in [0.2, 0.25) is 0 Å². The van der Waals surface area contributed by atoms with Crippen LogP contribution in [0.5, 0.6) is 0 Å². The van der Waals surface area contributed by atoms with Gasteiger partial charge in [0.25, 0.3) is 5.92 Å². The number of hydrogen-bond donors (Lipinski definition) is 0. The van der Waals surface area contributed by atoms with Crippen molar-refractivity contribution in [3.05, 3.63) is 54.6 Å². The van der Waals surface area contributed by atoms with Crippen LogP contribution in [0, 0.1) is 5.41 Å². The quantitative estimate of drug-likeness (QED) is 0.856. The Bertz CT molecular complexity index is 710. The van der Waals surface area contributed by atoms with Gasteiger partial charge in [-0.3, -0.25) is 14.9 Å². The molecule has 25 heavy (non-hydrogen) atoms. The Labute approximate surface area is 146 Å². The Morgan fingerprint density at radius 2 is 1.76 bits per heavy atom. The van der Waals surface area contributed by atoms with Gasteiger partial charge in [-0.15, -0.1) is 0 Å². The van der Waals surface area contributed by atoms with Crippen molar-refractivity contribution in [2.24, 2.45) is 5.41 Å². The lowest BCUT2D eigenvalue weighted by molar-refractivity contribution is -0.158. The normalized spacial score (nSPS) is 26.2. The Hall–Kier alpha value is -2.08. The summed E-state index contributed by atoms with van der Waals surface area (Å²) < 4.78 is 29.8. The molecule has 0 aromatic carbocycles. The minimum absolute atomic E-state index is 0.0753. The number of hydrogen-bond acceptors (Lipinski definition) is 4. The van der Waals surface area contributed by atoms with E-state index in [2.05, 4.69) is 19.8 Å². The number of halogens is 2. The fourth-order valence-corrected chi connectivity index (χ4v) is 4.13. The van der Waals surface area contributed by atoms with Crippen molar-refractivity contribution < 1.29 is 8.78 Å². The molecule has 2 fully saturated rings. The van der Waals surface area contributed by atoms with E-state index < -0.39 is 11.3 Å². The average molecular weight is 344 g/mol. The molecule has 2 aliphatic heterocycles. The minimum atomic E-state index is -2.63. The molecule has 1 atom stereocenters. The van der Waals surface area contributed by atoms with E-state index in [0.29, 0.717) is 39.1 Å². The zero-order valence-corrected chi connectivity index (χ0v) is 14.1. The van der Waals surface area contributed by atoms with E-state index in [1.54, 1.807) is 18.6 Å². The smallest absolute Gasteiger partial charge is 0.257 e. The van der Waals surface area contributed by atoms with Gasteiger partial charge in [-0.25, -0.2) is 8.78 Å². The summed E-state index contributed by atoms with van der Waals surface area (Å²) in [6, 6.07) is 7.70. The van der Waals surface area contributed by atoms with Crippen LogP contribution in [0.3, 0.4) is 0 Å². The summed E-state index contributed by atoms with van der Waals surface area (Å²) >= 11 is 0. The van der Waals surface area contributed by atoms with Crippen LogP contribution in [-0.2, 0) is 6.54 Å². The lowest BCUT2D eigenvalue weighted by Gasteiger charge is -2.46. The largest absolute Gasteiger partial charge is 0.369 e. The van der Waals surface area contributed by atoms with Crippen molar-refractivity contribution in [3.63, 3.8) is 0 Å². The number of rotatable bonds is 3. The van der Waals surface area contributed by atoms with Gasteiger partial charge in [-0.2, -0.15) is 0 Å². The number of pyridine rings is 2. The SMILES string of the molecule is FC1(F)CCN(Cc2cccnc2)C[C@@]12CCN(c1cccnc1)C2. The van der Waals surface area contributed by atoms with Gasteiger partial charge in [0.2, 0.25) is 0 Å². The molecule has 132 valence electrons. The Kier molecular flexibility index (Phi) is 4.15. The summed E-state index contributed by atoms with van der Waals surface area (Å²) in [5, 5.41) is 0. The third-order valence-electron chi connectivity index (χ3n) is 5.54. The van der Waals surface area contributed by atoms with Crippen LogP contribution in [0.15, 0.2) is 49.1 Å². The summed E-state index contributed by atoms with van der Waals surface area (Å²) in [4.78, 5) is 12.5. The first-order chi connectivity index (χ1) is 12.1. The molecule has 6 heteroatoms. The summed E-state index contributed by atoms with van der Waals surface area (Å²) in [5.41, 5.74) is 1.02. The fourth-order valence-electron chi connectivity index (χ4n) is 4.13. The van der Waals surface area contributed by atoms with Gasteiger partial charge < -0.3 is 4.90 Å². The van der Waals surface area contributed by atoms with E-state index in [0.717, 1.165) is 11.3 Å². The number of piperidine rings is 1.